The lowest BCUT2D eigenvalue weighted by molar-refractivity contribution is -0.117. The number of carbonyl (C=O) groups excluding carboxylic acids is 2. The van der Waals surface area contributed by atoms with Gasteiger partial charge in [0.1, 0.15) is 5.58 Å². The van der Waals surface area contributed by atoms with Gasteiger partial charge in [-0.2, -0.15) is 0 Å². The van der Waals surface area contributed by atoms with Crippen molar-refractivity contribution >= 4 is 28.3 Å². The first-order valence-electron chi connectivity index (χ1n) is 12.0. The molecule has 0 saturated heterocycles. The number of aliphatic hydroxyl groups excluding tert-OH is 1. The summed E-state index contributed by atoms with van der Waals surface area (Å²) < 4.78 is 16.7. The van der Waals surface area contributed by atoms with Crippen molar-refractivity contribution in [2.45, 2.75) is 25.8 Å². The molecular weight excluding hydrogens is 470 g/mol. The highest BCUT2D eigenvalue weighted by atomic mass is 16.5. The number of ether oxygens (including phenoxy) is 2. The van der Waals surface area contributed by atoms with E-state index in [1.54, 1.807) is 30.3 Å². The average Bonchev–Trinajstić information content (AvgIpc) is 3.47. The molecule has 2 heterocycles. The molecule has 0 fully saturated rings. The van der Waals surface area contributed by atoms with Gasteiger partial charge in [0.15, 0.2) is 23.0 Å². The Bertz CT molecular complexity index is 1500. The second-order valence-corrected chi connectivity index (χ2v) is 9.18. The highest BCUT2D eigenvalue weighted by molar-refractivity contribution is 6.20. The van der Waals surface area contributed by atoms with Crippen molar-refractivity contribution < 1.29 is 28.6 Å². The van der Waals surface area contributed by atoms with E-state index in [2.05, 4.69) is 13.8 Å². The van der Waals surface area contributed by atoms with Crippen LogP contribution in [0.5, 0.6) is 11.5 Å². The number of Topliss-reactive ketones (excluding diaryl/α,β-unsaturated/α-hetero) is 1. The largest absolute Gasteiger partial charge is 0.503 e. The average molecular weight is 498 g/mol. The number of amides is 1. The lowest BCUT2D eigenvalue weighted by Gasteiger charge is -2.27. The standard InChI is InChI=1S/C30H27NO6/c1-17(2)18-9-12-21(13-10-18)31-27(20-11-14-23(35-3)24(16-20)36-4)26(29(33)30(31)34)28(32)25-15-19-7-5-6-8-22(19)37-25/h5-17,27,33H,1-4H3. The molecule has 1 unspecified atom stereocenters. The first-order chi connectivity index (χ1) is 17.8. The molecule has 1 aliphatic rings. The Hall–Kier alpha value is -4.52. The molecule has 0 saturated carbocycles. The first kappa shape index (κ1) is 24.2. The summed E-state index contributed by atoms with van der Waals surface area (Å²) in [6.45, 7) is 4.17. The Balaban J connectivity index is 1.66. The lowest BCUT2D eigenvalue weighted by atomic mass is 9.94. The lowest BCUT2D eigenvalue weighted by Crippen LogP contribution is -2.31. The molecule has 0 bridgehead atoms. The van der Waals surface area contributed by atoms with Gasteiger partial charge in [-0.25, -0.2) is 0 Å². The normalized spacial score (nSPS) is 15.6. The molecule has 0 aliphatic carbocycles. The number of furan rings is 1. The molecule has 4 aromatic rings. The maximum Gasteiger partial charge on any atom is 0.294 e. The number of methoxy groups -OCH3 is 2. The van der Waals surface area contributed by atoms with E-state index in [4.69, 9.17) is 13.9 Å². The van der Waals surface area contributed by atoms with E-state index < -0.39 is 23.5 Å². The summed E-state index contributed by atoms with van der Waals surface area (Å²) in [5.41, 5.74) is 2.70. The molecule has 188 valence electrons. The number of hydrogen-bond donors (Lipinski definition) is 1. The molecule has 1 aromatic heterocycles. The third-order valence-corrected chi connectivity index (χ3v) is 6.66. The fourth-order valence-corrected chi connectivity index (χ4v) is 4.69. The van der Waals surface area contributed by atoms with Crippen LogP contribution in [0.15, 0.2) is 88.5 Å². The summed E-state index contributed by atoms with van der Waals surface area (Å²) in [6.07, 6.45) is 0. The minimum absolute atomic E-state index is 0.0398. The Morgan fingerprint density at radius 2 is 1.65 bits per heavy atom. The van der Waals surface area contributed by atoms with Crippen LogP contribution < -0.4 is 14.4 Å². The number of ketones is 1. The summed E-state index contributed by atoms with van der Waals surface area (Å²) in [7, 11) is 3.04. The minimum atomic E-state index is -0.919. The number of benzene rings is 3. The maximum atomic E-state index is 13.8. The zero-order valence-electron chi connectivity index (χ0n) is 21.0. The summed E-state index contributed by atoms with van der Waals surface area (Å²) in [5, 5.41) is 11.8. The van der Waals surface area contributed by atoms with Crippen LogP contribution in [0, 0.1) is 0 Å². The zero-order chi connectivity index (χ0) is 26.3. The van der Waals surface area contributed by atoms with Gasteiger partial charge in [-0.05, 0) is 53.4 Å². The van der Waals surface area contributed by atoms with Gasteiger partial charge >= 0.3 is 0 Å². The second kappa shape index (κ2) is 9.50. The number of nitrogens with zero attached hydrogens (tertiary/aromatic N) is 1. The van der Waals surface area contributed by atoms with Crippen LogP contribution in [0.4, 0.5) is 5.69 Å². The number of fused-ring (bicyclic) bond motifs is 1. The second-order valence-electron chi connectivity index (χ2n) is 9.18. The quantitative estimate of drug-likeness (QED) is 0.299. The molecule has 1 aliphatic heterocycles. The molecule has 0 spiro atoms. The van der Waals surface area contributed by atoms with E-state index in [9.17, 15) is 14.7 Å². The van der Waals surface area contributed by atoms with Crippen molar-refractivity contribution in [2.24, 2.45) is 0 Å². The molecule has 3 aromatic carbocycles. The van der Waals surface area contributed by atoms with Gasteiger partial charge in [-0.3, -0.25) is 14.5 Å². The van der Waals surface area contributed by atoms with Crippen molar-refractivity contribution in [2.75, 3.05) is 19.1 Å². The minimum Gasteiger partial charge on any atom is -0.503 e. The maximum absolute atomic E-state index is 13.8. The summed E-state index contributed by atoms with van der Waals surface area (Å²) >= 11 is 0. The van der Waals surface area contributed by atoms with Crippen molar-refractivity contribution in [1.82, 2.24) is 0 Å². The zero-order valence-corrected chi connectivity index (χ0v) is 21.0. The highest BCUT2D eigenvalue weighted by Crippen LogP contribution is 2.44. The molecule has 7 heteroatoms. The van der Waals surface area contributed by atoms with Gasteiger partial charge < -0.3 is 19.0 Å². The number of carbonyl (C=O) groups is 2. The SMILES string of the molecule is COc1ccc(C2C(C(=O)c3cc4ccccc4o3)=C(O)C(=O)N2c2ccc(C(C)C)cc2)cc1OC. The molecular formula is C30H27NO6. The topological polar surface area (TPSA) is 89.2 Å². The van der Waals surface area contributed by atoms with E-state index in [0.29, 0.717) is 34.3 Å². The van der Waals surface area contributed by atoms with Crippen molar-refractivity contribution in [3.63, 3.8) is 0 Å². The number of rotatable bonds is 7. The molecule has 7 nitrogen and oxygen atoms in total. The predicted molar refractivity (Wildman–Crippen MR) is 141 cm³/mol. The Kier molecular flexibility index (Phi) is 6.21. The monoisotopic (exact) mass is 497 g/mol. The van der Waals surface area contributed by atoms with Crippen LogP contribution in [-0.4, -0.2) is 31.0 Å². The van der Waals surface area contributed by atoms with Gasteiger partial charge in [0.2, 0.25) is 5.78 Å². The van der Waals surface area contributed by atoms with Crippen LogP contribution in [-0.2, 0) is 4.79 Å². The number of anilines is 1. The van der Waals surface area contributed by atoms with E-state index in [-0.39, 0.29) is 11.3 Å². The summed E-state index contributed by atoms with van der Waals surface area (Å²) in [4.78, 5) is 28.7. The van der Waals surface area contributed by atoms with Crippen LogP contribution >= 0.6 is 0 Å². The first-order valence-corrected chi connectivity index (χ1v) is 12.0. The van der Waals surface area contributed by atoms with Crippen LogP contribution in [0.1, 0.15) is 47.5 Å². The molecule has 1 atom stereocenters. The fraction of sp³-hybridized carbons (Fsp3) is 0.200. The summed E-state index contributed by atoms with van der Waals surface area (Å²) in [6, 6.07) is 20.6. The highest BCUT2D eigenvalue weighted by Gasteiger charge is 2.45. The number of aliphatic hydroxyl groups is 1. The summed E-state index contributed by atoms with van der Waals surface area (Å²) in [5.74, 6) is -0.566. The third kappa shape index (κ3) is 4.12. The van der Waals surface area contributed by atoms with Crippen LogP contribution in [0.25, 0.3) is 11.0 Å². The Morgan fingerprint density at radius 1 is 0.946 bits per heavy atom. The third-order valence-electron chi connectivity index (χ3n) is 6.66. The van der Waals surface area contributed by atoms with Crippen molar-refractivity contribution in [3.8, 4) is 11.5 Å². The van der Waals surface area contributed by atoms with E-state index in [1.807, 2.05) is 42.5 Å². The fourth-order valence-electron chi connectivity index (χ4n) is 4.69. The van der Waals surface area contributed by atoms with Crippen molar-refractivity contribution in [3.05, 3.63) is 101 Å². The van der Waals surface area contributed by atoms with Gasteiger partial charge in [-0.1, -0.05) is 50.2 Å². The molecule has 1 N–H and O–H groups in total. The molecule has 5 rings (SSSR count). The molecule has 0 radical (unpaired) electrons. The molecule has 1 amide bonds. The number of para-hydroxylation sites is 1. The van der Waals surface area contributed by atoms with Crippen molar-refractivity contribution in [1.29, 1.82) is 0 Å². The van der Waals surface area contributed by atoms with Gasteiger partial charge in [0.05, 0.1) is 25.8 Å². The van der Waals surface area contributed by atoms with E-state index in [0.717, 1.165) is 10.9 Å². The molecule has 37 heavy (non-hydrogen) atoms. The van der Waals surface area contributed by atoms with Gasteiger partial charge in [0, 0.05) is 11.1 Å². The smallest absolute Gasteiger partial charge is 0.294 e. The number of hydrogen-bond acceptors (Lipinski definition) is 6. The Morgan fingerprint density at radius 3 is 2.30 bits per heavy atom. The van der Waals surface area contributed by atoms with E-state index >= 15 is 0 Å². The van der Waals surface area contributed by atoms with E-state index in [1.165, 1.54) is 19.1 Å². The van der Waals surface area contributed by atoms with Crippen LogP contribution in [0.2, 0.25) is 0 Å². The Labute approximate surface area is 214 Å². The van der Waals surface area contributed by atoms with Gasteiger partial charge in [0.25, 0.3) is 5.91 Å². The van der Waals surface area contributed by atoms with Crippen LogP contribution in [0.3, 0.4) is 0 Å². The van der Waals surface area contributed by atoms with Gasteiger partial charge in [-0.15, -0.1) is 0 Å². The predicted octanol–water partition coefficient (Wildman–Crippen LogP) is 6.36.